The molecule has 0 amide bonds. The van der Waals surface area contributed by atoms with Crippen LogP contribution in [0.1, 0.15) is 66.7 Å². The van der Waals surface area contributed by atoms with Crippen LogP contribution in [0.3, 0.4) is 0 Å². The van der Waals surface area contributed by atoms with Gasteiger partial charge >= 0.3 is 11.9 Å². The highest BCUT2D eigenvalue weighted by atomic mass is 16.6. The van der Waals surface area contributed by atoms with Crippen molar-refractivity contribution in [3.63, 3.8) is 0 Å². The molecule has 2 aliphatic rings. The Labute approximate surface area is 127 Å². The van der Waals surface area contributed by atoms with E-state index in [-0.39, 0.29) is 24.0 Å². The Bertz CT molecular complexity index is 429. The third-order valence-electron chi connectivity index (χ3n) is 5.11. The maximum absolute atomic E-state index is 12.4. The summed E-state index contributed by atoms with van der Waals surface area (Å²) in [6.45, 7) is 9.72. The van der Waals surface area contributed by atoms with Crippen molar-refractivity contribution in [3.05, 3.63) is 0 Å². The van der Waals surface area contributed by atoms with Gasteiger partial charge in [-0.3, -0.25) is 9.59 Å². The molecule has 0 radical (unpaired) electrons. The van der Waals surface area contributed by atoms with E-state index < -0.39 is 11.0 Å². The molecule has 0 aromatic rings. The van der Waals surface area contributed by atoms with Crippen molar-refractivity contribution < 1.29 is 19.1 Å². The zero-order valence-corrected chi connectivity index (χ0v) is 13.9. The maximum atomic E-state index is 12.4. The van der Waals surface area contributed by atoms with Gasteiger partial charge < -0.3 is 9.47 Å². The number of hydrogen-bond donors (Lipinski definition) is 0. The Kier molecular flexibility index (Phi) is 4.36. The molecule has 1 saturated carbocycles. The summed E-state index contributed by atoms with van der Waals surface area (Å²) >= 11 is 0. The second kappa shape index (κ2) is 5.62. The normalized spacial score (nSPS) is 36.6. The molecular weight excluding hydrogens is 268 g/mol. The Morgan fingerprint density at radius 2 is 2.05 bits per heavy atom. The summed E-state index contributed by atoms with van der Waals surface area (Å²) in [6, 6.07) is 0. The molecule has 4 nitrogen and oxygen atoms in total. The van der Waals surface area contributed by atoms with Crippen LogP contribution in [-0.2, 0) is 19.1 Å². The van der Waals surface area contributed by atoms with E-state index in [2.05, 4.69) is 0 Å². The molecule has 1 saturated heterocycles. The van der Waals surface area contributed by atoms with E-state index in [1.807, 2.05) is 34.6 Å². The zero-order chi connectivity index (χ0) is 15.8. The molecule has 21 heavy (non-hydrogen) atoms. The van der Waals surface area contributed by atoms with E-state index in [1.165, 1.54) is 0 Å². The average Bonchev–Trinajstić information content (AvgIpc) is 2.45. The third-order valence-corrected chi connectivity index (χ3v) is 5.11. The van der Waals surface area contributed by atoms with Crippen molar-refractivity contribution in [1.82, 2.24) is 0 Å². The molecule has 4 heteroatoms. The smallest absolute Gasteiger partial charge is 0.312 e. The Morgan fingerprint density at radius 3 is 2.67 bits per heavy atom. The summed E-state index contributed by atoms with van der Waals surface area (Å²) in [4.78, 5) is 24.5. The first-order valence-corrected chi connectivity index (χ1v) is 8.09. The van der Waals surface area contributed by atoms with Crippen molar-refractivity contribution in [2.24, 2.45) is 17.3 Å². The van der Waals surface area contributed by atoms with Crippen LogP contribution in [0.15, 0.2) is 0 Å². The van der Waals surface area contributed by atoms with E-state index in [4.69, 9.17) is 9.47 Å². The minimum atomic E-state index is -0.541. The lowest BCUT2D eigenvalue weighted by Crippen LogP contribution is -2.44. The summed E-state index contributed by atoms with van der Waals surface area (Å²) in [5.41, 5.74) is -1.01. The summed E-state index contributed by atoms with van der Waals surface area (Å²) in [6.07, 6.45) is 3.86. The van der Waals surface area contributed by atoms with Gasteiger partial charge in [-0.15, -0.1) is 0 Å². The Morgan fingerprint density at radius 1 is 1.38 bits per heavy atom. The molecule has 1 aliphatic heterocycles. The number of rotatable bonds is 3. The van der Waals surface area contributed by atoms with Crippen molar-refractivity contribution in [3.8, 4) is 0 Å². The predicted octanol–water partition coefficient (Wildman–Crippen LogP) is 3.48. The SMILES string of the molecule is CCC(C)(C)C(=O)OC1(C)CC2CC(C)OC(=O)C(C2)C1. The lowest BCUT2D eigenvalue weighted by molar-refractivity contribution is -0.178. The lowest BCUT2D eigenvalue weighted by atomic mass is 9.72. The molecule has 1 aliphatic carbocycles. The predicted molar refractivity (Wildman–Crippen MR) is 79.6 cm³/mol. The summed E-state index contributed by atoms with van der Waals surface area (Å²) in [5.74, 6) is -0.0155. The molecule has 0 spiro atoms. The first-order chi connectivity index (χ1) is 9.65. The molecule has 2 rings (SSSR count). The van der Waals surface area contributed by atoms with Gasteiger partial charge in [0.25, 0.3) is 0 Å². The number of hydrogen-bond acceptors (Lipinski definition) is 4. The van der Waals surface area contributed by atoms with Crippen molar-refractivity contribution in [2.75, 3.05) is 0 Å². The van der Waals surface area contributed by atoms with E-state index in [9.17, 15) is 9.59 Å². The first-order valence-electron chi connectivity index (χ1n) is 8.09. The first kappa shape index (κ1) is 16.3. The molecule has 2 bridgehead atoms. The van der Waals surface area contributed by atoms with Crippen LogP contribution >= 0.6 is 0 Å². The standard InChI is InChI=1S/C17H28O4/c1-6-16(3,4)15(19)21-17(5)9-12-7-11(2)20-14(18)13(8-12)10-17/h11-13H,6-10H2,1-5H3. The Hall–Kier alpha value is -1.06. The van der Waals surface area contributed by atoms with E-state index in [0.29, 0.717) is 12.3 Å². The molecule has 0 aromatic carbocycles. The van der Waals surface area contributed by atoms with Crippen LogP contribution in [0.5, 0.6) is 0 Å². The van der Waals surface area contributed by atoms with E-state index in [0.717, 1.165) is 25.7 Å². The van der Waals surface area contributed by atoms with E-state index >= 15 is 0 Å². The molecule has 4 atom stereocenters. The molecule has 2 fully saturated rings. The molecule has 1 heterocycles. The molecule has 0 aromatic heterocycles. The van der Waals surface area contributed by atoms with Crippen LogP contribution in [0.2, 0.25) is 0 Å². The number of fused-ring (bicyclic) bond motifs is 2. The van der Waals surface area contributed by atoms with Crippen molar-refractivity contribution >= 4 is 11.9 Å². The summed E-state index contributed by atoms with van der Waals surface area (Å²) in [7, 11) is 0. The van der Waals surface area contributed by atoms with Crippen molar-refractivity contribution in [1.29, 1.82) is 0 Å². The van der Waals surface area contributed by atoms with Gasteiger partial charge in [-0.1, -0.05) is 6.92 Å². The molecule has 0 N–H and O–H groups in total. The van der Waals surface area contributed by atoms with Crippen LogP contribution in [0.4, 0.5) is 0 Å². The van der Waals surface area contributed by atoms with Crippen LogP contribution < -0.4 is 0 Å². The minimum Gasteiger partial charge on any atom is -0.462 e. The number of carbonyl (C=O) groups excluding carboxylic acids is 2. The number of carbonyl (C=O) groups is 2. The van der Waals surface area contributed by atoms with Gasteiger partial charge in [-0.05, 0) is 59.3 Å². The van der Waals surface area contributed by atoms with Gasteiger partial charge in [0.1, 0.15) is 5.60 Å². The van der Waals surface area contributed by atoms with Crippen LogP contribution in [0, 0.1) is 17.3 Å². The second-order valence-electron chi connectivity index (χ2n) is 7.77. The molecule has 120 valence electrons. The lowest BCUT2D eigenvalue weighted by Gasteiger charge is -2.41. The molecule has 4 unspecified atom stereocenters. The van der Waals surface area contributed by atoms with Gasteiger partial charge in [0.05, 0.1) is 17.4 Å². The van der Waals surface area contributed by atoms with Gasteiger partial charge in [0, 0.05) is 6.42 Å². The fraction of sp³-hybridized carbons (Fsp3) is 0.882. The van der Waals surface area contributed by atoms with Crippen LogP contribution in [-0.4, -0.2) is 23.6 Å². The van der Waals surface area contributed by atoms with Gasteiger partial charge in [0.15, 0.2) is 0 Å². The average molecular weight is 296 g/mol. The second-order valence-corrected chi connectivity index (χ2v) is 7.77. The Balaban J connectivity index is 2.13. The quantitative estimate of drug-likeness (QED) is 0.748. The van der Waals surface area contributed by atoms with Crippen LogP contribution in [0.25, 0.3) is 0 Å². The highest BCUT2D eigenvalue weighted by Crippen LogP contribution is 2.44. The van der Waals surface area contributed by atoms with Crippen molar-refractivity contribution in [2.45, 2.75) is 78.4 Å². The van der Waals surface area contributed by atoms with Gasteiger partial charge in [-0.25, -0.2) is 0 Å². The maximum Gasteiger partial charge on any atom is 0.312 e. The fourth-order valence-corrected chi connectivity index (χ4v) is 3.55. The number of esters is 2. The monoisotopic (exact) mass is 296 g/mol. The fourth-order valence-electron chi connectivity index (χ4n) is 3.55. The van der Waals surface area contributed by atoms with E-state index in [1.54, 1.807) is 0 Å². The number of cyclic esters (lactones) is 1. The highest BCUT2D eigenvalue weighted by Gasteiger charge is 2.46. The summed E-state index contributed by atoms with van der Waals surface area (Å²) < 4.78 is 11.3. The number of ether oxygens (including phenoxy) is 2. The third kappa shape index (κ3) is 3.58. The topological polar surface area (TPSA) is 52.6 Å². The molecular formula is C17H28O4. The summed E-state index contributed by atoms with van der Waals surface area (Å²) in [5, 5.41) is 0. The van der Waals surface area contributed by atoms with Gasteiger partial charge in [-0.2, -0.15) is 0 Å². The highest BCUT2D eigenvalue weighted by molar-refractivity contribution is 5.77. The zero-order valence-electron chi connectivity index (χ0n) is 13.9. The van der Waals surface area contributed by atoms with Gasteiger partial charge in [0.2, 0.25) is 0 Å². The minimum absolute atomic E-state index is 0.0300. The largest absolute Gasteiger partial charge is 0.462 e.